The summed E-state index contributed by atoms with van der Waals surface area (Å²) in [6, 6.07) is 1.33. The third kappa shape index (κ3) is 3.54. The van der Waals surface area contributed by atoms with Gasteiger partial charge in [-0.2, -0.15) is 0 Å². The van der Waals surface area contributed by atoms with Crippen LogP contribution in [0.1, 0.15) is 29.6 Å². The Labute approximate surface area is 114 Å². The van der Waals surface area contributed by atoms with Crippen molar-refractivity contribution in [2.45, 2.75) is 25.4 Å². The Kier molecular flexibility index (Phi) is 4.74. The van der Waals surface area contributed by atoms with Gasteiger partial charge in [0, 0.05) is 6.61 Å². The van der Waals surface area contributed by atoms with E-state index in [1.54, 1.807) is 0 Å². The summed E-state index contributed by atoms with van der Waals surface area (Å²) in [4.78, 5) is 11.8. The van der Waals surface area contributed by atoms with Gasteiger partial charge in [-0.25, -0.2) is 4.79 Å². The van der Waals surface area contributed by atoms with Gasteiger partial charge in [-0.3, -0.25) is 0 Å². The number of rotatable bonds is 3. The fourth-order valence-corrected chi connectivity index (χ4v) is 2.00. The lowest BCUT2D eigenvalue weighted by Gasteiger charge is -2.22. The van der Waals surface area contributed by atoms with Crippen molar-refractivity contribution in [3.8, 4) is 0 Å². The number of aromatic nitrogens is 2. The number of esters is 1. The van der Waals surface area contributed by atoms with Crippen molar-refractivity contribution in [3.05, 3.63) is 21.9 Å². The number of nitrogens with zero attached hydrogens (tertiary/aromatic N) is 2. The molecule has 0 radical (unpaired) electrons. The predicted octanol–water partition coefficient (Wildman–Crippen LogP) is 2.51. The molecule has 0 bridgehead atoms. The first-order chi connectivity index (χ1) is 8.66. The topological polar surface area (TPSA) is 61.3 Å². The molecule has 1 fully saturated rings. The average molecular weight is 291 g/mol. The normalized spacial score (nSPS) is 19.6. The molecule has 1 aliphatic rings. The zero-order valence-corrected chi connectivity index (χ0v) is 11.1. The smallest absolute Gasteiger partial charge is 0.341 e. The fraction of sp³-hybridized carbons (Fsp3) is 0.545. The Morgan fingerprint density at radius 2 is 2.28 bits per heavy atom. The minimum Gasteiger partial charge on any atom is -0.459 e. The molecule has 0 spiro atoms. The van der Waals surface area contributed by atoms with Gasteiger partial charge in [0.25, 0.3) is 0 Å². The van der Waals surface area contributed by atoms with Crippen LogP contribution >= 0.6 is 23.2 Å². The van der Waals surface area contributed by atoms with Crippen molar-refractivity contribution < 1.29 is 14.3 Å². The Hall–Kier alpha value is -0.910. The van der Waals surface area contributed by atoms with Gasteiger partial charge >= 0.3 is 5.97 Å². The zero-order chi connectivity index (χ0) is 13.0. The summed E-state index contributed by atoms with van der Waals surface area (Å²) in [5.41, 5.74) is 0.118. The van der Waals surface area contributed by atoms with Crippen molar-refractivity contribution in [1.29, 1.82) is 0 Å². The second-order valence-electron chi connectivity index (χ2n) is 3.96. The number of ether oxygens (including phenoxy) is 2. The Balaban J connectivity index is 1.92. The monoisotopic (exact) mass is 290 g/mol. The molecule has 0 N–H and O–H groups in total. The van der Waals surface area contributed by atoms with Crippen LogP contribution < -0.4 is 0 Å². The molecule has 0 saturated carbocycles. The largest absolute Gasteiger partial charge is 0.459 e. The van der Waals surface area contributed by atoms with Crippen LogP contribution in [0.2, 0.25) is 10.3 Å². The third-order valence-electron chi connectivity index (χ3n) is 2.61. The predicted molar refractivity (Wildman–Crippen MR) is 65.9 cm³/mol. The molecule has 2 rings (SSSR count). The summed E-state index contributed by atoms with van der Waals surface area (Å²) in [5, 5.41) is 7.15. The highest BCUT2D eigenvalue weighted by Crippen LogP contribution is 2.18. The lowest BCUT2D eigenvalue weighted by atomic mass is 10.1. The van der Waals surface area contributed by atoms with Crippen LogP contribution in [0.4, 0.5) is 0 Å². The molecule has 0 aliphatic carbocycles. The number of halogens is 2. The highest BCUT2D eigenvalue weighted by atomic mass is 35.5. The van der Waals surface area contributed by atoms with Crippen molar-refractivity contribution in [2.75, 3.05) is 13.2 Å². The maximum Gasteiger partial charge on any atom is 0.341 e. The lowest BCUT2D eigenvalue weighted by Crippen LogP contribution is -2.26. The van der Waals surface area contributed by atoms with Crippen molar-refractivity contribution >= 4 is 29.2 Å². The van der Waals surface area contributed by atoms with Crippen molar-refractivity contribution in [2.24, 2.45) is 0 Å². The van der Waals surface area contributed by atoms with Gasteiger partial charge in [0.15, 0.2) is 10.3 Å². The molecule has 0 amide bonds. The number of hydrogen-bond acceptors (Lipinski definition) is 5. The van der Waals surface area contributed by atoms with Gasteiger partial charge in [-0.05, 0) is 25.3 Å². The van der Waals surface area contributed by atoms with E-state index in [1.165, 1.54) is 6.07 Å². The fourth-order valence-electron chi connectivity index (χ4n) is 1.68. The molecule has 1 aromatic rings. The first-order valence-electron chi connectivity index (χ1n) is 5.64. The van der Waals surface area contributed by atoms with Crippen LogP contribution in [0.5, 0.6) is 0 Å². The number of carbonyl (C=O) groups is 1. The Morgan fingerprint density at radius 3 is 3.00 bits per heavy atom. The van der Waals surface area contributed by atoms with Gasteiger partial charge < -0.3 is 9.47 Å². The van der Waals surface area contributed by atoms with Gasteiger partial charge in [0.05, 0.1) is 6.10 Å². The molecule has 1 aliphatic heterocycles. The summed E-state index contributed by atoms with van der Waals surface area (Å²) in [6.07, 6.45) is 3.01. The van der Waals surface area contributed by atoms with E-state index in [4.69, 9.17) is 32.7 Å². The van der Waals surface area contributed by atoms with E-state index in [0.717, 1.165) is 19.3 Å². The van der Waals surface area contributed by atoms with Crippen LogP contribution in [0.15, 0.2) is 6.07 Å². The average Bonchev–Trinajstić information content (AvgIpc) is 2.40. The second kappa shape index (κ2) is 6.31. The molecule has 1 unspecified atom stereocenters. The van der Waals surface area contributed by atoms with E-state index in [-0.39, 0.29) is 28.6 Å². The molecule has 18 heavy (non-hydrogen) atoms. The van der Waals surface area contributed by atoms with Gasteiger partial charge in [0.1, 0.15) is 12.2 Å². The quantitative estimate of drug-likeness (QED) is 0.801. The van der Waals surface area contributed by atoms with Gasteiger partial charge in [-0.1, -0.05) is 23.2 Å². The minimum atomic E-state index is -0.564. The van der Waals surface area contributed by atoms with Crippen molar-refractivity contribution in [3.63, 3.8) is 0 Å². The maximum atomic E-state index is 11.8. The summed E-state index contributed by atoms with van der Waals surface area (Å²) in [7, 11) is 0. The van der Waals surface area contributed by atoms with Crippen molar-refractivity contribution in [1.82, 2.24) is 10.2 Å². The molecule has 1 atom stereocenters. The van der Waals surface area contributed by atoms with Crippen LogP contribution in [0, 0.1) is 0 Å². The molecular formula is C11H12Cl2N2O3. The second-order valence-corrected chi connectivity index (χ2v) is 4.70. The summed E-state index contributed by atoms with van der Waals surface area (Å²) in [6.45, 7) is 0.931. The SMILES string of the molecule is O=C(OCC1CCCCO1)c1cc(Cl)nnc1Cl. The Morgan fingerprint density at radius 1 is 1.44 bits per heavy atom. The summed E-state index contributed by atoms with van der Waals surface area (Å²) < 4.78 is 10.6. The van der Waals surface area contributed by atoms with E-state index in [2.05, 4.69) is 10.2 Å². The first kappa shape index (κ1) is 13.5. The van der Waals surface area contributed by atoms with Gasteiger partial charge in [-0.15, -0.1) is 10.2 Å². The minimum absolute atomic E-state index is 0.0195. The number of carbonyl (C=O) groups excluding carboxylic acids is 1. The van der Waals surface area contributed by atoms with Crippen LogP contribution in [-0.2, 0) is 9.47 Å². The van der Waals surface area contributed by atoms with E-state index >= 15 is 0 Å². The van der Waals surface area contributed by atoms with Crippen LogP contribution in [0.25, 0.3) is 0 Å². The highest BCUT2D eigenvalue weighted by molar-refractivity contribution is 6.33. The van der Waals surface area contributed by atoms with Crippen LogP contribution in [0.3, 0.4) is 0 Å². The number of hydrogen-bond donors (Lipinski definition) is 0. The lowest BCUT2D eigenvalue weighted by molar-refractivity contribution is -0.0300. The molecule has 0 aromatic carbocycles. The molecule has 1 saturated heterocycles. The molecule has 1 aromatic heterocycles. The third-order valence-corrected chi connectivity index (χ3v) is 3.08. The van der Waals surface area contributed by atoms with E-state index in [9.17, 15) is 4.79 Å². The standard InChI is InChI=1S/C11H12Cl2N2O3/c12-9-5-8(10(13)15-14-9)11(16)18-6-7-3-1-2-4-17-7/h5,7H,1-4,6H2. The summed E-state index contributed by atoms with van der Waals surface area (Å²) in [5.74, 6) is -0.564. The summed E-state index contributed by atoms with van der Waals surface area (Å²) >= 11 is 11.4. The molecule has 7 heteroatoms. The Bertz CT molecular complexity index is 436. The van der Waals surface area contributed by atoms with E-state index in [1.807, 2.05) is 0 Å². The molecule has 2 heterocycles. The molecule has 5 nitrogen and oxygen atoms in total. The van der Waals surface area contributed by atoms with E-state index in [0.29, 0.717) is 6.61 Å². The van der Waals surface area contributed by atoms with Gasteiger partial charge in [0.2, 0.25) is 0 Å². The highest BCUT2D eigenvalue weighted by Gasteiger charge is 2.19. The molecule has 98 valence electrons. The first-order valence-corrected chi connectivity index (χ1v) is 6.40. The maximum absolute atomic E-state index is 11.8. The van der Waals surface area contributed by atoms with Crippen LogP contribution in [-0.4, -0.2) is 35.5 Å². The zero-order valence-electron chi connectivity index (χ0n) is 9.57. The molecular weight excluding hydrogens is 279 g/mol. The van der Waals surface area contributed by atoms with E-state index < -0.39 is 5.97 Å².